The lowest BCUT2D eigenvalue weighted by Crippen LogP contribution is -2.42. The van der Waals surface area contributed by atoms with Crippen LogP contribution in [0.2, 0.25) is 0 Å². The minimum absolute atomic E-state index is 0.0536. The third kappa shape index (κ3) is 5.08. The molecular weight excluding hydrogens is 270 g/mol. The van der Waals surface area contributed by atoms with Crippen LogP contribution in [0, 0.1) is 11.8 Å². The summed E-state index contributed by atoms with van der Waals surface area (Å²) in [5, 5.41) is 8.89. The number of hydrogen-bond donors (Lipinski definition) is 1. The monoisotopic (exact) mass is 293 g/mol. The molecule has 0 radical (unpaired) electrons. The van der Waals surface area contributed by atoms with Gasteiger partial charge >= 0.3 is 5.97 Å². The molecule has 0 aromatic heterocycles. The Bertz CT molecular complexity index is 387. The van der Waals surface area contributed by atoms with Crippen LogP contribution in [0.1, 0.15) is 26.7 Å². The van der Waals surface area contributed by atoms with E-state index in [9.17, 15) is 13.2 Å². The Morgan fingerprint density at radius 1 is 1.42 bits per heavy atom. The van der Waals surface area contributed by atoms with E-state index in [1.165, 1.54) is 4.31 Å². The van der Waals surface area contributed by atoms with Crippen LogP contribution in [-0.2, 0) is 19.6 Å². The molecule has 1 atom stereocenters. The summed E-state index contributed by atoms with van der Waals surface area (Å²) in [7, 11) is -3.30. The molecule has 0 aliphatic carbocycles. The Balaban J connectivity index is 2.48. The molecular formula is C12H23NO5S. The van der Waals surface area contributed by atoms with Crippen LogP contribution < -0.4 is 0 Å². The van der Waals surface area contributed by atoms with E-state index in [-0.39, 0.29) is 11.7 Å². The summed E-state index contributed by atoms with van der Waals surface area (Å²) in [6.07, 6.45) is 0.794. The number of sulfonamides is 1. The van der Waals surface area contributed by atoms with Gasteiger partial charge in [-0.3, -0.25) is 4.79 Å². The summed E-state index contributed by atoms with van der Waals surface area (Å²) in [4.78, 5) is 10.8. The van der Waals surface area contributed by atoms with E-state index in [1.807, 2.05) is 13.8 Å². The predicted molar refractivity (Wildman–Crippen MR) is 71.4 cm³/mol. The molecule has 0 aromatic carbocycles. The van der Waals surface area contributed by atoms with Crippen LogP contribution in [0.3, 0.4) is 0 Å². The number of carboxylic acid groups (broad SMARTS) is 1. The molecule has 0 amide bonds. The van der Waals surface area contributed by atoms with E-state index >= 15 is 0 Å². The lowest BCUT2D eigenvalue weighted by atomic mass is 9.99. The first-order valence-electron chi connectivity index (χ1n) is 6.65. The Labute approximate surface area is 114 Å². The first kappa shape index (κ1) is 16.4. The number of rotatable bonds is 7. The molecule has 6 nitrogen and oxygen atoms in total. The molecule has 0 spiro atoms. The quantitative estimate of drug-likeness (QED) is 0.750. The highest BCUT2D eigenvalue weighted by Gasteiger charge is 2.31. The minimum Gasteiger partial charge on any atom is -0.481 e. The molecule has 1 heterocycles. The number of carboxylic acids is 1. The van der Waals surface area contributed by atoms with E-state index in [0.717, 1.165) is 0 Å². The van der Waals surface area contributed by atoms with Crippen molar-refractivity contribution in [3.05, 3.63) is 0 Å². The Morgan fingerprint density at radius 3 is 2.47 bits per heavy atom. The van der Waals surface area contributed by atoms with E-state index in [2.05, 4.69) is 0 Å². The SMILES string of the molecule is CCOCC(C)CS(=O)(=O)N1CCC(C(=O)O)CC1. The van der Waals surface area contributed by atoms with Gasteiger partial charge in [0, 0.05) is 19.7 Å². The van der Waals surface area contributed by atoms with Crippen LogP contribution >= 0.6 is 0 Å². The number of carbonyl (C=O) groups is 1. The molecule has 0 saturated carbocycles. The molecule has 19 heavy (non-hydrogen) atoms. The fourth-order valence-corrected chi connectivity index (χ4v) is 4.01. The van der Waals surface area contributed by atoms with Gasteiger partial charge in [0.2, 0.25) is 10.0 Å². The van der Waals surface area contributed by atoms with Crippen molar-refractivity contribution in [1.29, 1.82) is 0 Å². The van der Waals surface area contributed by atoms with Gasteiger partial charge in [-0.05, 0) is 25.7 Å². The summed E-state index contributed by atoms with van der Waals surface area (Å²) in [6.45, 7) is 5.34. The summed E-state index contributed by atoms with van der Waals surface area (Å²) in [6, 6.07) is 0. The van der Waals surface area contributed by atoms with Crippen LogP contribution in [0.4, 0.5) is 0 Å². The lowest BCUT2D eigenvalue weighted by Gasteiger charge is -2.30. The van der Waals surface area contributed by atoms with Crippen molar-refractivity contribution < 1.29 is 23.1 Å². The van der Waals surface area contributed by atoms with Crippen LogP contribution in [-0.4, -0.2) is 55.9 Å². The van der Waals surface area contributed by atoms with Crippen molar-refractivity contribution in [1.82, 2.24) is 4.31 Å². The van der Waals surface area contributed by atoms with Crippen molar-refractivity contribution in [2.45, 2.75) is 26.7 Å². The van der Waals surface area contributed by atoms with Crippen LogP contribution in [0.5, 0.6) is 0 Å². The Kier molecular flexibility index (Phi) is 6.22. The van der Waals surface area contributed by atoms with Gasteiger partial charge in [0.1, 0.15) is 0 Å². The number of ether oxygens (including phenoxy) is 1. The van der Waals surface area contributed by atoms with E-state index in [1.54, 1.807) is 0 Å². The van der Waals surface area contributed by atoms with Gasteiger partial charge in [-0.2, -0.15) is 0 Å². The summed E-state index contributed by atoms with van der Waals surface area (Å²) in [5.74, 6) is -1.23. The molecule has 0 aromatic rings. The fraction of sp³-hybridized carbons (Fsp3) is 0.917. The van der Waals surface area contributed by atoms with Gasteiger partial charge in [0.15, 0.2) is 0 Å². The third-order valence-corrected chi connectivity index (χ3v) is 5.44. The van der Waals surface area contributed by atoms with Crippen molar-refractivity contribution >= 4 is 16.0 Å². The lowest BCUT2D eigenvalue weighted by molar-refractivity contribution is -0.142. The third-order valence-electron chi connectivity index (χ3n) is 3.30. The number of aliphatic carboxylic acids is 1. The number of nitrogens with zero attached hydrogens (tertiary/aromatic N) is 1. The summed E-state index contributed by atoms with van der Waals surface area (Å²) >= 11 is 0. The van der Waals surface area contributed by atoms with Gasteiger partial charge in [0.25, 0.3) is 0 Å². The first-order valence-corrected chi connectivity index (χ1v) is 8.26. The van der Waals surface area contributed by atoms with E-state index in [0.29, 0.717) is 39.1 Å². The average molecular weight is 293 g/mol. The molecule has 1 rings (SSSR count). The molecule has 1 aliphatic rings. The Hall–Kier alpha value is -0.660. The second kappa shape index (κ2) is 7.21. The molecule has 0 bridgehead atoms. The molecule has 1 fully saturated rings. The molecule has 1 N–H and O–H groups in total. The van der Waals surface area contributed by atoms with Crippen molar-refractivity contribution in [3.8, 4) is 0 Å². The van der Waals surface area contributed by atoms with Crippen molar-refractivity contribution in [2.24, 2.45) is 11.8 Å². The second-order valence-electron chi connectivity index (χ2n) is 5.05. The normalized spacial score (nSPS) is 20.3. The molecule has 1 aliphatic heterocycles. The van der Waals surface area contributed by atoms with Crippen molar-refractivity contribution in [2.75, 3.05) is 32.1 Å². The van der Waals surface area contributed by atoms with E-state index < -0.39 is 21.9 Å². The van der Waals surface area contributed by atoms with Crippen LogP contribution in [0.15, 0.2) is 0 Å². The summed E-state index contributed by atoms with van der Waals surface area (Å²) in [5.41, 5.74) is 0. The fourth-order valence-electron chi connectivity index (χ4n) is 2.21. The smallest absolute Gasteiger partial charge is 0.306 e. The second-order valence-corrected chi connectivity index (χ2v) is 7.07. The number of hydrogen-bond acceptors (Lipinski definition) is 4. The molecule has 112 valence electrons. The average Bonchev–Trinajstić information content (AvgIpc) is 2.36. The largest absolute Gasteiger partial charge is 0.481 e. The zero-order valence-electron chi connectivity index (χ0n) is 11.5. The molecule has 1 saturated heterocycles. The first-order chi connectivity index (χ1) is 8.86. The minimum atomic E-state index is -3.30. The van der Waals surface area contributed by atoms with Gasteiger partial charge in [-0.25, -0.2) is 12.7 Å². The highest BCUT2D eigenvalue weighted by molar-refractivity contribution is 7.89. The van der Waals surface area contributed by atoms with Gasteiger partial charge in [-0.1, -0.05) is 6.92 Å². The van der Waals surface area contributed by atoms with Gasteiger partial charge in [0.05, 0.1) is 18.3 Å². The maximum absolute atomic E-state index is 12.2. The standard InChI is InChI=1S/C12H23NO5S/c1-3-18-8-10(2)9-19(16,17)13-6-4-11(5-7-13)12(14)15/h10-11H,3-9H2,1-2H3,(H,14,15). The molecule has 7 heteroatoms. The van der Waals surface area contributed by atoms with Crippen LogP contribution in [0.25, 0.3) is 0 Å². The zero-order chi connectivity index (χ0) is 14.5. The summed E-state index contributed by atoms with van der Waals surface area (Å²) < 4.78 is 30.9. The highest BCUT2D eigenvalue weighted by Crippen LogP contribution is 2.21. The van der Waals surface area contributed by atoms with Gasteiger partial charge in [-0.15, -0.1) is 0 Å². The topological polar surface area (TPSA) is 83.9 Å². The Morgan fingerprint density at radius 2 is 2.00 bits per heavy atom. The zero-order valence-corrected chi connectivity index (χ0v) is 12.4. The van der Waals surface area contributed by atoms with Gasteiger partial charge < -0.3 is 9.84 Å². The number of piperidine rings is 1. The van der Waals surface area contributed by atoms with Crippen molar-refractivity contribution in [3.63, 3.8) is 0 Å². The highest BCUT2D eigenvalue weighted by atomic mass is 32.2. The van der Waals surface area contributed by atoms with E-state index in [4.69, 9.17) is 9.84 Å². The maximum Gasteiger partial charge on any atom is 0.306 e. The maximum atomic E-state index is 12.2. The molecule has 1 unspecified atom stereocenters. The predicted octanol–water partition coefficient (Wildman–Crippen LogP) is 0.785.